The number of nitrogens with two attached hydrogens (primary N) is 1. The largest absolute Gasteiger partial charge is 0.484 e. The molecule has 0 atom stereocenters. The number of rotatable bonds is 5. The standard InChI is InChI=1S/C14H18F3N3O.HI/c1-20(11-5-6-11)13(18)19-8-10-3-2-4-12(7-10)21-9-14(15,16)17;/h2-4,7,11H,5-6,8-9H2,1H3,(H2,18,19);1H. The maximum Gasteiger partial charge on any atom is 0.422 e. The van der Waals surface area contributed by atoms with Crippen LogP contribution in [-0.2, 0) is 6.54 Å². The monoisotopic (exact) mass is 429 g/mol. The van der Waals surface area contributed by atoms with Crippen LogP contribution < -0.4 is 10.5 Å². The quantitative estimate of drug-likeness (QED) is 0.445. The summed E-state index contributed by atoms with van der Waals surface area (Å²) >= 11 is 0. The third-order valence-corrected chi connectivity index (χ3v) is 3.18. The molecule has 4 nitrogen and oxygen atoms in total. The lowest BCUT2D eigenvalue weighted by atomic mass is 10.2. The average molecular weight is 429 g/mol. The van der Waals surface area contributed by atoms with Gasteiger partial charge in [0, 0.05) is 13.1 Å². The molecule has 0 aliphatic heterocycles. The van der Waals surface area contributed by atoms with Crippen LogP contribution >= 0.6 is 24.0 Å². The summed E-state index contributed by atoms with van der Waals surface area (Å²) in [7, 11) is 1.89. The predicted octanol–water partition coefficient (Wildman–Crippen LogP) is 3.15. The Labute approximate surface area is 144 Å². The van der Waals surface area contributed by atoms with Crippen molar-refractivity contribution in [3.63, 3.8) is 0 Å². The molecule has 0 spiro atoms. The molecule has 22 heavy (non-hydrogen) atoms. The number of ether oxygens (including phenoxy) is 1. The van der Waals surface area contributed by atoms with Gasteiger partial charge in [0.2, 0.25) is 0 Å². The van der Waals surface area contributed by atoms with E-state index in [0.717, 1.165) is 18.4 Å². The molecule has 0 bridgehead atoms. The van der Waals surface area contributed by atoms with Crippen LogP contribution in [0, 0.1) is 0 Å². The summed E-state index contributed by atoms with van der Waals surface area (Å²) in [5.41, 5.74) is 6.61. The van der Waals surface area contributed by atoms with Crippen LogP contribution in [0.1, 0.15) is 18.4 Å². The minimum atomic E-state index is -4.34. The van der Waals surface area contributed by atoms with E-state index in [4.69, 9.17) is 10.5 Å². The Morgan fingerprint density at radius 1 is 1.41 bits per heavy atom. The number of guanidine groups is 1. The van der Waals surface area contributed by atoms with Gasteiger partial charge in [0.15, 0.2) is 12.6 Å². The molecule has 2 N–H and O–H groups in total. The van der Waals surface area contributed by atoms with Crippen molar-refractivity contribution in [3.8, 4) is 5.75 Å². The summed E-state index contributed by atoms with van der Waals surface area (Å²) in [6.45, 7) is -0.988. The molecule has 2 rings (SSSR count). The zero-order valence-electron chi connectivity index (χ0n) is 12.1. The van der Waals surface area contributed by atoms with Gasteiger partial charge in [-0.05, 0) is 30.5 Å². The fraction of sp³-hybridized carbons (Fsp3) is 0.500. The SMILES string of the molecule is CN(C(N)=NCc1cccc(OCC(F)(F)F)c1)C1CC1.I. The molecule has 1 aromatic carbocycles. The Kier molecular flexibility index (Phi) is 6.76. The molecule has 1 fully saturated rings. The molecular formula is C14H19F3IN3O. The van der Waals surface area contributed by atoms with E-state index in [1.807, 2.05) is 11.9 Å². The van der Waals surface area contributed by atoms with E-state index >= 15 is 0 Å². The van der Waals surface area contributed by atoms with Crippen molar-refractivity contribution < 1.29 is 17.9 Å². The highest BCUT2D eigenvalue weighted by atomic mass is 127. The number of benzene rings is 1. The molecule has 0 aromatic heterocycles. The smallest absolute Gasteiger partial charge is 0.422 e. The number of aliphatic imine (C=N–C) groups is 1. The molecule has 0 amide bonds. The Hall–Kier alpha value is -1.19. The van der Waals surface area contributed by atoms with Gasteiger partial charge in [0.1, 0.15) is 5.75 Å². The van der Waals surface area contributed by atoms with Gasteiger partial charge in [-0.2, -0.15) is 13.2 Å². The third-order valence-electron chi connectivity index (χ3n) is 3.18. The summed E-state index contributed by atoms with van der Waals surface area (Å²) in [5, 5.41) is 0. The van der Waals surface area contributed by atoms with E-state index in [0.29, 0.717) is 18.5 Å². The molecular weight excluding hydrogens is 410 g/mol. The number of hydrogen-bond acceptors (Lipinski definition) is 2. The lowest BCUT2D eigenvalue weighted by Crippen LogP contribution is -2.35. The molecule has 0 heterocycles. The van der Waals surface area contributed by atoms with Crippen molar-refractivity contribution in [3.05, 3.63) is 29.8 Å². The Morgan fingerprint density at radius 2 is 2.09 bits per heavy atom. The fourth-order valence-electron chi connectivity index (χ4n) is 1.83. The summed E-state index contributed by atoms with van der Waals surface area (Å²) in [4.78, 5) is 6.17. The summed E-state index contributed by atoms with van der Waals surface area (Å²) in [6.07, 6.45) is -2.10. The highest BCUT2D eigenvalue weighted by Gasteiger charge is 2.28. The number of halogens is 4. The fourth-order valence-corrected chi connectivity index (χ4v) is 1.83. The minimum absolute atomic E-state index is 0. The molecule has 1 aliphatic rings. The van der Waals surface area contributed by atoms with E-state index in [1.165, 1.54) is 6.07 Å². The van der Waals surface area contributed by atoms with Crippen molar-refractivity contribution in [2.75, 3.05) is 13.7 Å². The minimum Gasteiger partial charge on any atom is -0.484 e. The Bertz CT molecular complexity index is 518. The number of alkyl halides is 3. The topological polar surface area (TPSA) is 50.8 Å². The second-order valence-electron chi connectivity index (χ2n) is 5.07. The van der Waals surface area contributed by atoms with E-state index in [1.54, 1.807) is 18.2 Å². The van der Waals surface area contributed by atoms with Crippen LogP contribution in [0.2, 0.25) is 0 Å². The van der Waals surface area contributed by atoms with Crippen LogP contribution in [0.15, 0.2) is 29.3 Å². The Morgan fingerprint density at radius 3 is 2.68 bits per heavy atom. The lowest BCUT2D eigenvalue weighted by Gasteiger charge is -2.16. The zero-order valence-corrected chi connectivity index (χ0v) is 14.5. The van der Waals surface area contributed by atoms with Gasteiger partial charge < -0.3 is 15.4 Å². The highest BCUT2D eigenvalue weighted by molar-refractivity contribution is 14.0. The second kappa shape index (κ2) is 7.89. The average Bonchev–Trinajstić information content (AvgIpc) is 3.26. The maximum absolute atomic E-state index is 12.1. The first-order valence-electron chi connectivity index (χ1n) is 6.66. The summed E-state index contributed by atoms with van der Waals surface area (Å²) in [5.74, 6) is 0.619. The van der Waals surface area contributed by atoms with Gasteiger partial charge in [-0.15, -0.1) is 24.0 Å². The zero-order chi connectivity index (χ0) is 15.5. The van der Waals surface area contributed by atoms with Crippen LogP contribution in [0.5, 0.6) is 5.75 Å². The van der Waals surface area contributed by atoms with Gasteiger partial charge in [-0.3, -0.25) is 0 Å². The molecule has 1 saturated carbocycles. The van der Waals surface area contributed by atoms with E-state index in [2.05, 4.69) is 4.99 Å². The number of hydrogen-bond donors (Lipinski definition) is 1. The molecule has 0 radical (unpaired) electrons. The molecule has 0 saturated heterocycles. The molecule has 1 aromatic rings. The van der Waals surface area contributed by atoms with Crippen LogP contribution in [0.4, 0.5) is 13.2 Å². The van der Waals surface area contributed by atoms with Crippen molar-refractivity contribution in [1.29, 1.82) is 0 Å². The third kappa shape index (κ3) is 6.29. The van der Waals surface area contributed by atoms with Gasteiger partial charge in [0.05, 0.1) is 6.54 Å². The Balaban J connectivity index is 0.00000242. The van der Waals surface area contributed by atoms with Crippen LogP contribution in [0.25, 0.3) is 0 Å². The first-order chi connectivity index (χ1) is 9.85. The highest BCUT2D eigenvalue weighted by Crippen LogP contribution is 2.25. The van der Waals surface area contributed by atoms with Gasteiger partial charge in [-0.25, -0.2) is 4.99 Å². The molecule has 1 aliphatic carbocycles. The van der Waals surface area contributed by atoms with Gasteiger partial charge in [-0.1, -0.05) is 12.1 Å². The van der Waals surface area contributed by atoms with Crippen molar-refractivity contribution in [2.45, 2.75) is 31.6 Å². The summed E-state index contributed by atoms with van der Waals surface area (Å²) in [6, 6.07) is 6.90. The summed E-state index contributed by atoms with van der Waals surface area (Å²) < 4.78 is 41.0. The predicted molar refractivity (Wildman–Crippen MR) is 89.5 cm³/mol. The van der Waals surface area contributed by atoms with Crippen LogP contribution in [-0.4, -0.2) is 36.7 Å². The van der Waals surface area contributed by atoms with E-state index in [-0.39, 0.29) is 29.7 Å². The van der Waals surface area contributed by atoms with Crippen molar-refractivity contribution in [1.82, 2.24) is 4.90 Å². The number of nitrogens with zero attached hydrogens (tertiary/aromatic N) is 2. The van der Waals surface area contributed by atoms with Crippen molar-refractivity contribution >= 4 is 29.9 Å². The van der Waals surface area contributed by atoms with Gasteiger partial charge in [0.25, 0.3) is 0 Å². The van der Waals surface area contributed by atoms with Crippen molar-refractivity contribution in [2.24, 2.45) is 10.7 Å². The second-order valence-corrected chi connectivity index (χ2v) is 5.07. The first-order valence-corrected chi connectivity index (χ1v) is 6.66. The molecule has 0 unspecified atom stereocenters. The van der Waals surface area contributed by atoms with E-state index in [9.17, 15) is 13.2 Å². The molecule has 8 heteroatoms. The van der Waals surface area contributed by atoms with Gasteiger partial charge >= 0.3 is 6.18 Å². The molecule has 124 valence electrons. The normalized spacial score (nSPS) is 15.2. The maximum atomic E-state index is 12.1. The first kappa shape index (κ1) is 18.9. The van der Waals surface area contributed by atoms with Crippen LogP contribution in [0.3, 0.4) is 0 Å². The van der Waals surface area contributed by atoms with E-state index < -0.39 is 12.8 Å². The lowest BCUT2D eigenvalue weighted by molar-refractivity contribution is -0.153.